The minimum Gasteiger partial charge on any atom is -0.380 e. The van der Waals surface area contributed by atoms with E-state index in [0.29, 0.717) is 12.6 Å². The molecule has 0 aromatic rings. The Bertz CT molecular complexity index is 199. The molecular formula is C10H21NO2S. The quantitative estimate of drug-likeness (QED) is 0.764. The van der Waals surface area contributed by atoms with Gasteiger partial charge in [0.25, 0.3) is 0 Å². The Morgan fingerprint density at radius 1 is 1.64 bits per heavy atom. The first-order chi connectivity index (χ1) is 6.70. The third-order valence-electron chi connectivity index (χ3n) is 2.94. The molecule has 1 fully saturated rings. The lowest BCUT2D eigenvalue weighted by atomic mass is 10.1. The van der Waals surface area contributed by atoms with Gasteiger partial charge in [-0.05, 0) is 19.9 Å². The lowest BCUT2D eigenvalue weighted by Crippen LogP contribution is -2.48. The van der Waals surface area contributed by atoms with Gasteiger partial charge in [-0.2, -0.15) is 0 Å². The smallest absolute Gasteiger partial charge is 0.0738 e. The number of ether oxygens (including phenoxy) is 1. The van der Waals surface area contributed by atoms with Crippen LogP contribution in [0.3, 0.4) is 0 Å². The van der Waals surface area contributed by atoms with Gasteiger partial charge in [0.15, 0.2) is 0 Å². The Hall–Kier alpha value is 0.0700. The molecule has 1 saturated heterocycles. The second kappa shape index (κ2) is 5.83. The van der Waals surface area contributed by atoms with Gasteiger partial charge in [0, 0.05) is 28.7 Å². The molecule has 0 spiro atoms. The standard InChI is InChI=1S/C10H21NO2S/c1-4-8(2)14(12)10-7-13-6-5-9(10)11-3/h8-11H,4-7H2,1-3H3. The zero-order chi connectivity index (χ0) is 10.6. The van der Waals surface area contributed by atoms with Gasteiger partial charge < -0.3 is 10.1 Å². The summed E-state index contributed by atoms with van der Waals surface area (Å²) < 4.78 is 17.5. The normalized spacial score (nSPS) is 32.5. The topological polar surface area (TPSA) is 38.3 Å². The lowest BCUT2D eigenvalue weighted by Gasteiger charge is -2.32. The fourth-order valence-corrected chi connectivity index (χ4v) is 3.49. The molecule has 4 heteroatoms. The van der Waals surface area contributed by atoms with Crippen LogP contribution < -0.4 is 5.32 Å². The molecule has 0 aromatic carbocycles. The summed E-state index contributed by atoms with van der Waals surface area (Å²) in [6, 6.07) is 0.360. The Labute approximate surface area is 89.1 Å². The van der Waals surface area contributed by atoms with Gasteiger partial charge in [0.2, 0.25) is 0 Å². The summed E-state index contributed by atoms with van der Waals surface area (Å²) in [7, 11) is 1.17. The van der Waals surface area contributed by atoms with Crippen LogP contribution >= 0.6 is 0 Å². The summed E-state index contributed by atoms with van der Waals surface area (Å²) in [6.45, 7) is 5.57. The maximum absolute atomic E-state index is 12.1. The van der Waals surface area contributed by atoms with Gasteiger partial charge in [-0.15, -0.1) is 0 Å². The van der Waals surface area contributed by atoms with Crippen molar-refractivity contribution in [3.8, 4) is 0 Å². The van der Waals surface area contributed by atoms with Crippen LogP contribution in [0.4, 0.5) is 0 Å². The molecule has 1 rings (SSSR count). The predicted molar refractivity (Wildman–Crippen MR) is 60.0 cm³/mol. The van der Waals surface area contributed by atoms with Gasteiger partial charge in [-0.1, -0.05) is 13.8 Å². The van der Waals surface area contributed by atoms with Crippen LogP contribution in [0.2, 0.25) is 0 Å². The monoisotopic (exact) mass is 219 g/mol. The summed E-state index contributed by atoms with van der Waals surface area (Å²) in [4.78, 5) is 0. The number of nitrogens with one attached hydrogen (secondary N) is 1. The molecule has 0 aliphatic carbocycles. The fraction of sp³-hybridized carbons (Fsp3) is 1.00. The first kappa shape index (κ1) is 12.1. The molecule has 1 aliphatic rings. The molecule has 0 bridgehead atoms. The average Bonchev–Trinajstić information content (AvgIpc) is 2.26. The molecule has 1 aliphatic heterocycles. The van der Waals surface area contributed by atoms with E-state index in [1.54, 1.807) is 0 Å². The van der Waals surface area contributed by atoms with Crippen molar-refractivity contribution >= 4 is 10.8 Å². The Kier molecular flexibility index (Phi) is 5.06. The highest BCUT2D eigenvalue weighted by Crippen LogP contribution is 2.17. The van der Waals surface area contributed by atoms with Crippen molar-refractivity contribution in [3.63, 3.8) is 0 Å². The zero-order valence-electron chi connectivity index (χ0n) is 9.29. The summed E-state index contributed by atoms with van der Waals surface area (Å²) in [5.41, 5.74) is 0. The first-order valence-corrected chi connectivity index (χ1v) is 6.62. The summed E-state index contributed by atoms with van der Waals surface area (Å²) in [5.74, 6) is 0. The van der Waals surface area contributed by atoms with Gasteiger partial charge in [-0.3, -0.25) is 4.21 Å². The van der Waals surface area contributed by atoms with Gasteiger partial charge in [0.1, 0.15) is 0 Å². The van der Waals surface area contributed by atoms with E-state index in [2.05, 4.69) is 19.2 Å². The predicted octanol–water partition coefficient (Wildman–Crippen LogP) is 0.910. The van der Waals surface area contributed by atoms with E-state index in [1.807, 2.05) is 7.05 Å². The van der Waals surface area contributed by atoms with E-state index in [9.17, 15) is 4.21 Å². The molecule has 4 unspecified atom stereocenters. The summed E-state index contributed by atoms with van der Waals surface area (Å²) in [5, 5.41) is 3.69. The molecule has 0 saturated carbocycles. The van der Waals surface area contributed by atoms with Gasteiger partial charge >= 0.3 is 0 Å². The second-order valence-corrected chi connectivity index (χ2v) is 5.91. The highest BCUT2D eigenvalue weighted by molar-refractivity contribution is 7.86. The van der Waals surface area contributed by atoms with E-state index in [4.69, 9.17) is 4.74 Å². The largest absolute Gasteiger partial charge is 0.380 e. The SMILES string of the molecule is CCC(C)S(=O)C1COCCC1NC. The summed E-state index contributed by atoms with van der Waals surface area (Å²) in [6.07, 6.45) is 1.95. The average molecular weight is 219 g/mol. The van der Waals surface area contributed by atoms with Crippen LogP contribution in [0.15, 0.2) is 0 Å². The highest BCUT2D eigenvalue weighted by Gasteiger charge is 2.31. The van der Waals surface area contributed by atoms with Gasteiger partial charge in [0.05, 0.1) is 11.9 Å². The maximum Gasteiger partial charge on any atom is 0.0738 e. The zero-order valence-corrected chi connectivity index (χ0v) is 10.1. The van der Waals surface area contributed by atoms with E-state index in [-0.39, 0.29) is 10.5 Å². The molecule has 0 radical (unpaired) electrons. The molecule has 0 amide bonds. The molecule has 4 atom stereocenters. The van der Waals surface area contributed by atoms with Crippen molar-refractivity contribution in [3.05, 3.63) is 0 Å². The molecular weight excluding hydrogens is 198 g/mol. The minimum absolute atomic E-state index is 0.170. The Balaban J connectivity index is 2.58. The van der Waals surface area contributed by atoms with E-state index >= 15 is 0 Å². The second-order valence-electron chi connectivity index (χ2n) is 3.84. The molecule has 1 heterocycles. The minimum atomic E-state index is -0.769. The van der Waals surface area contributed by atoms with Crippen LogP contribution in [0.1, 0.15) is 26.7 Å². The van der Waals surface area contributed by atoms with Crippen molar-refractivity contribution in [1.29, 1.82) is 0 Å². The summed E-state index contributed by atoms with van der Waals surface area (Å²) >= 11 is 0. The molecule has 14 heavy (non-hydrogen) atoms. The van der Waals surface area contributed by atoms with Crippen molar-refractivity contribution in [2.75, 3.05) is 20.3 Å². The van der Waals surface area contributed by atoms with E-state index < -0.39 is 10.8 Å². The van der Waals surface area contributed by atoms with Crippen LogP contribution in [0.25, 0.3) is 0 Å². The highest BCUT2D eigenvalue weighted by atomic mass is 32.2. The number of hydrogen-bond donors (Lipinski definition) is 1. The van der Waals surface area contributed by atoms with E-state index in [0.717, 1.165) is 19.4 Å². The van der Waals surface area contributed by atoms with Crippen molar-refractivity contribution in [2.45, 2.75) is 43.2 Å². The lowest BCUT2D eigenvalue weighted by molar-refractivity contribution is 0.0836. The third-order valence-corrected chi connectivity index (χ3v) is 5.13. The Morgan fingerprint density at radius 3 is 2.93 bits per heavy atom. The molecule has 3 nitrogen and oxygen atoms in total. The van der Waals surface area contributed by atoms with Crippen LogP contribution in [-0.4, -0.2) is 41.0 Å². The van der Waals surface area contributed by atoms with Crippen LogP contribution in [-0.2, 0) is 15.5 Å². The molecule has 0 aromatic heterocycles. The number of hydrogen-bond acceptors (Lipinski definition) is 3. The molecule has 1 N–H and O–H groups in total. The first-order valence-electron chi connectivity index (χ1n) is 5.35. The van der Waals surface area contributed by atoms with Gasteiger partial charge in [-0.25, -0.2) is 0 Å². The maximum atomic E-state index is 12.1. The van der Waals surface area contributed by atoms with Crippen LogP contribution in [0.5, 0.6) is 0 Å². The molecule has 84 valence electrons. The van der Waals surface area contributed by atoms with Crippen molar-refractivity contribution < 1.29 is 8.95 Å². The fourth-order valence-electron chi connectivity index (χ4n) is 1.73. The van der Waals surface area contributed by atoms with Crippen molar-refractivity contribution in [1.82, 2.24) is 5.32 Å². The van der Waals surface area contributed by atoms with Crippen LogP contribution in [0, 0.1) is 0 Å². The van der Waals surface area contributed by atoms with E-state index in [1.165, 1.54) is 0 Å². The third kappa shape index (κ3) is 2.78. The van der Waals surface area contributed by atoms with Crippen molar-refractivity contribution in [2.24, 2.45) is 0 Å². The number of rotatable bonds is 4. The Morgan fingerprint density at radius 2 is 2.36 bits per heavy atom.